The van der Waals surface area contributed by atoms with Crippen molar-refractivity contribution in [1.82, 2.24) is 14.8 Å². The van der Waals surface area contributed by atoms with Gasteiger partial charge in [-0.05, 0) is 42.9 Å². The van der Waals surface area contributed by atoms with Crippen molar-refractivity contribution in [3.05, 3.63) is 69.7 Å². The van der Waals surface area contributed by atoms with Crippen LogP contribution in [0.15, 0.2) is 47.3 Å². The van der Waals surface area contributed by atoms with E-state index in [1.807, 2.05) is 24.3 Å². The number of nitrogens with zero attached hydrogens (tertiary/aromatic N) is 2. The fourth-order valence-corrected chi connectivity index (χ4v) is 4.78. The Labute approximate surface area is 195 Å². The second-order valence-electron chi connectivity index (χ2n) is 8.76. The SMILES string of the molecule is COc1ccc(CNC(=O)c2c(OC)cc(=O)n3c2CCN(C[C@@H]2CC=CCC2)CC3)cc1. The van der Waals surface area contributed by atoms with Crippen molar-refractivity contribution in [3.63, 3.8) is 0 Å². The second kappa shape index (κ2) is 10.7. The van der Waals surface area contributed by atoms with Gasteiger partial charge < -0.3 is 24.3 Å². The minimum absolute atomic E-state index is 0.115. The third-order valence-electron chi connectivity index (χ3n) is 6.64. The van der Waals surface area contributed by atoms with Gasteiger partial charge in [0, 0.05) is 50.9 Å². The Morgan fingerprint density at radius 1 is 1.09 bits per heavy atom. The first-order valence-corrected chi connectivity index (χ1v) is 11.7. The molecule has 0 spiro atoms. The van der Waals surface area contributed by atoms with E-state index in [4.69, 9.17) is 9.47 Å². The van der Waals surface area contributed by atoms with E-state index >= 15 is 0 Å². The molecule has 176 valence electrons. The zero-order valence-electron chi connectivity index (χ0n) is 19.5. The second-order valence-corrected chi connectivity index (χ2v) is 8.76. The van der Waals surface area contributed by atoms with Crippen LogP contribution in [-0.4, -0.2) is 49.2 Å². The highest BCUT2D eigenvalue weighted by Crippen LogP contribution is 2.25. The number of carbonyl (C=O) groups excluding carboxylic acids is 1. The molecule has 2 aliphatic rings. The van der Waals surface area contributed by atoms with Gasteiger partial charge in [-0.3, -0.25) is 9.59 Å². The number of hydrogen-bond acceptors (Lipinski definition) is 5. The first kappa shape index (κ1) is 23.1. The first-order chi connectivity index (χ1) is 16.1. The van der Waals surface area contributed by atoms with Crippen LogP contribution < -0.4 is 20.3 Å². The summed E-state index contributed by atoms with van der Waals surface area (Å²) in [6, 6.07) is 9.02. The number of rotatable bonds is 7. The number of carbonyl (C=O) groups is 1. The summed E-state index contributed by atoms with van der Waals surface area (Å²) in [7, 11) is 3.13. The number of pyridine rings is 1. The highest BCUT2D eigenvalue weighted by Gasteiger charge is 2.26. The van der Waals surface area contributed by atoms with Crippen molar-refractivity contribution < 1.29 is 14.3 Å². The van der Waals surface area contributed by atoms with Gasteiger partial charge in [0.1, 0.15) is 17.1 Å². The number of hydrogen-bond donors (Lipinski definition) is 1. The average molecular weight is 452 g/mol. The number of fused-ring (bicyclic) bond motifs is 1. The Hall–Kier alpha value is -3.06. The smallest absolute Gasteiger partial charge is 0.257 e. The van der Waals surface area contributed by atoms with E-state index in [1.165, 1.54) is 19.6 Å². The Bertz CT molecular complexity index is 1060. The van der Waals surface area contributed by atoms with Crippen LogP contribution in [0.2, 0.25) is 0 Å². The molecule has 1 aliphatic carbocycles. The van der Waals surface area contributed by atoms with Crippen LogP contribution in [0.3, 0.4) is 0 Å². The molecule has 2 aromatic rings. The quantitative estimate of drug-likeness (QED) is 0.656. The molecule has 0 fully saturated rings. The summed E-state index contributed by atoms with van der Waals surface area (Å²) in [5, 5.41) is 3.00. The lowest BCUT2D eigenvalue weighted by Crippen LogP contribution is -2.33. The highest BCUT2D eigenvalue weighted by molar-refractivity contribution is 5.98. The predicted octanol–water partition coefficient (Wildman–Crippen LogP) is 3.01. The maximum Gasteiger partial charge on any atom is 0.257 e. The molecule has 1 aromatic heterocycles. The number of allylic oxidation sites excluding steroid dienone is 2. The van der Waals surface area contributed by atoms with Crippen LogP contribution in [0.4, 0.5) is 0 Å². The van der Waals surface area contributed by atoms with Crippen molar-refractivity contribution in [2.75, 3.05) is 33.9 Å². The van der Waals surface area contributed by atoms with Crippen LogP contribution in [0, 0.1) is 5.92 Å². The maximum atomic E-state index is 13.3. The normalized spacial score (nSPS) is 18.3. The molecule has 2 heterocycles. The van der Waals surface area contributed by atoms with Crippen LogP contribution in [0.1, 0.15) is 40.9 Å². The summed E-state index contributed by atoms with van der Waals surface area (Å²) in [6.07, 6.45) is 8.66. The van der Waals surface area contributed by atoms with Crippen molar-refractivity contribution in [1.29, 1.82) is 0 Å². The lowest BCUT2D eigenvalue weighted by atomic mass is 9.94. The van der Waals surface area contributed by atoms with Gasteiger partial charge in [0.05, 0.1) is 14.2 Å². The van der Waals surface area contributed by atoms with Crippen LogP contribution in [0.25, 0.3) is 0 Å². The molecule has 0 saturated heterocycles. The lowest BCUT2D eigenvalue weighted by Gasteiger charge is -2.26. The van der Waals surface area contributed by atoms with Gasteiger partial charge in [-0.2, -0.15) is 0 Å². The van der Waals surface area contributed by atoms with Crippen LogP contribution in [-0.2, 0) is 19.5 Å². The molecule has 1 aliphatic heterocycles. The third-order valence-corrected chi connectivity index (χ3v) is 6.64. The van der Waals surface area contributed by atoms with Gasteiger partial charge in [-0.1, -0.05) is 24.3 Å². The molecule has 7 heteroatoms. The zero-order valence-corrected chi connectivity index (χ0v) is 19.5. The first-order valence-electron chi connectivity index (χ1n) is 11.7. The van der Waals surface area contributed by atoms with E-state index in [1.54, 1.807) is 11.7 Å². The third kappa shape index (κ3) is 5.47. The van der Waals surface area contributed by atoms with E-state index < -0.39 is 0 Å². The summed E-state index contributed by atoms with van der Waals surface area (Å²) < 4.78 is 12.4. The molecule has 33 heavy (non-hydrogen) atoms. The molecule has 0 unspecified atom stereocenters. The Morgan fingerprint density at radius 2 is 1.91 bits per heavy atom. The van der Waals surface area contributed by atoms with Crippen LogP contribution >= 0.6 is 0 Å². The fraction of sp³-hybridized carbons (Fsp3) is 0.462. The van der Waals surface area contributed by atoms with Gasteiger partial charge in [0.2, 0.25) is 0 Å². The van der Waals surface area contributed by atoms with Crippen molar-refractivity contribution in [3.8, 4) is 11.5 Å². The van der Waals surface area contributed by atoms with E-state index in [-0.39, 0.29) is 11.5 Å². The van der Waals surface area contributed by atoms with Gasteiger partial charge in [0.15, 0.2) is 0 Å². The number of nitrogens with one attached hydrogen (secondary N) is 1. The standard InChI is InChI=1S/C26H33N3O4/c1-32-21-10-8-19(9-11-21)17-27-26(31)25-22-12-13-28(18-20-6-4-3-5-7-20)14-15-29(22)24(30)16-23(25)33-2/h3-4,8-11,16,20H,5-7,12-15,17-18H2,1-2H3,(H,27,31)/t20-/m1/s1. The summed E-state index contributed by atoms with van der Waals surface area (Å²) in [6.45, 7) is 3.63. The monoisotopic (exact) mass is 451 g/mol. The topological polar surface area (TPSA) is 72.8 Å². The van der Waals surface area contributed by atoms with Crippen molar-refractivity contribution >= 4 is 5.91 Å². The van der Waals surface area contributed by atoms with Gasteiger partial charge in [0.25, 0.3) is 11.5 Å². The van der Waals surface area contributed by atoms with Gasteiger partial charge >= 0.3 is 0 Å². The minimum atomic E-state index is -0.225. The summed E-state index contributed by atoms with van der Waals surface area (Å²) >= 11 is 0. The van der Waals surface area contributed by atoms with E-state index in [0.29, 0.717) is 36.7 Å². The minimum Gasteiger partial charge on any atom is -0.497 e. The largest absolute Gasteiger partial charge is 0.497 e. The van der Waals surface area contributed by atoms with E-state index in [0.717, 1.165) is 49.5 Å². The van der Waals surface area contributed by atoms with Gasteiger partial charge in [-0.15, -0.1) is 0 Å². The van der Waals surface area contributed by atoms with Crippen molar-refractivity contribution in [2.24, 2.45) is 5.92 Å². The predicted molar refractivity (Wildman–Crippen MR) is 128 cm³/mol. The van der Waals surface area contributed by atoms with E-state index in [9.17, 15) is 9.59 Å². The zero-order chi connectivity index (χ0) is 23.2. The molecule has 0 saturated carbocycles. The van der Waals surface area contributed by atoms with Crippen molar-refractivity contribution in [2.45, 2.75) is 38.8 Å². The fourth-order valence-electron chi connectivity index (χ4n) is 4.78. The molecular formula is C26H33N3O4. The molecule has 7 nitrogen and oxygen atoms in total. The molecule has 0 bridgehead atoms. The molecule has 4 rings (SSSR count). The number of amides is 1. The summed E-state index contributed by atoms with van der Waals surface area (Å²) in [5.74, 6) is 1.55. The Morgan fingerprint density at radius 3 is 2.61 bits per heavy atom. The Kier molecular flexibility index (Phi) is 7.50. The average Bonchev–Trinajstić information content (AvgIpc) is 3.06. The lowest BCUT2D eigenvalue weighted by molar-refractivity contribution is 0.0945. The molecule has 1 aromatic carbocycles. The molecule has 0 radical (unpaired) electrons. The highest BCUT2D eigenvalue weighted by atomic mass is 16.5. The Balaban J connectivity index is 1.52. The number of aromatic nitrogens is 1. The number of benzene rings is 1. The van der Waals surface area contributed by atoms with Gasteiger partial charge in [-0.25, -0.2) is 0 Å². The molecular weight excluding hydrogens is 418 g/mol. The summed E-state index contributed by atoms with van der Waals surface area (Å²) in [4.78, 5) is 28.5. The molecule has 1 amide bonds. The molecule has 1 N–H and O–H groups in total. The molecule has 1 atom stereocenters. The van der Waals surface area contributed by atoms with E-state index in [2.05, 4.69) is 22.4 Å². The number of ether oxygens (including phenoxy) is 2. The summed E-state index contributed by atoms with van der Waals surface area (Å²) in [5.41, 5.74) is 2.08. The number of methoxy groups -OCH3 is 2. The van der Waals surface area contributed by atoms with Crippen LogP contribution in [0.5, 0.6) is 11.5 Å². The maximum absolute atomic E-state index is 13.3.